The second-order valence-electron chi connectivity index (χ2n) is 8.74. The Kier molecular flexibility index (Phi) is 5.63. The average molecular weight is 438 g/mol. The van der Waals surface area contributed by atoms with Crippen LogP contribution in [-0.2, 0) is 6.61 Å². The molecule has 0 amide bonds. The van der Waals surface area contributed by atoms with Gasteiger partial charge in [0.15, 0.2) is 5.15 Å². The number of aromatic nitrogens is 2. The molecule has 0 atom stereocenters. The lowest BCUT2D eigenvalue weighted by Crippen LogP contribution is -2.25. The van der Waals surface area contributed by atoms with E-state index < -0.39 is 0 Å². The highest BCUT2D eigenvalue weighted by atomic mass is 35.5. The fourth-order valence-corrected chi connectivity index (χ4v) is 4.63. The third kappa shape index (κ3) is 4.30. The summed E-state index contributed by atoms with van der Waals surface area (Å²) in [6.07, 6.45) is 4.89. The Labute approximate surface area is 188 Å². The van der Waals surface area contributed by atoms with Crippen LogP contribution >= 0.6 is 11.6 Å². The van der Waals surface area contributed by atoms with Crippen LogP contribution in [0, 0.1) is 0 Å². The van der Waals surface area contributed by atoms with Gasteiger partial charge in [-0.15, -0.1) is 0 Å². The maximum atomic E-state index is 6.36. The Bertz CT molecular complexity index is 1130. The van der Waals surface area contributed by atoms with Crippen LogP contribution in [0.15, 0.2) is 42.0 Å². The minimum absolute atomic E-state index is 0.262. The highest BCUT2D eigenvalue weighted by Crippen LogP contribution is 2.32. The Morgan fingerprint density at radius 1 is 1.13 bits per heavy atom. The number of hydrogen-bond donors (Lipinski definition) is 0. The number of halogens is 1. The van der Waals surface area contributed by atoms with Crippen LogP contribution in [0.4, 0.5) is 0 Å². The summed E-state index contributed by atoms with van der Waals surface area (Å²) in [5.41, 5.74) is 4.57. The summed E-state index contributed by atoms with van der Waals surface area (Å²) in [4.78, 5) is 2.51. The number of rotatable bonds is 6. The summed E-state index contributed by atoms with van der Waals surface area (Å²) in [5.74, 6) is 1.69. The predicted octanol–water partition coefficient (Wildman–Crippen LogP) is 5.72. The molecule has 2 aliphatic heterocycles. The van der Waals surface area contributed by atoms with Gasteiger partial charge in [-0.25, -0.2) is 0 Å². The predicted molar refractivity (Wildman–Crippen MR) is 125 cm³/mol. The van der Waals surface area contributed by atoms with Crippen LogP contribution in [-0.4, -0.2) is 40.9 Å². The van der Waals surface area contributed by atoms with Gasteiger partial charge in [-0.2, -0.15) is 5.10 Å². The molecule has 6 heteroatoms. The maximum Gasteiger partial charge on any atom is 0.158 e. The van der Waals surface area contributed by atoms with Gasteiger partial charge in [0, 0.05) is 29.6 Å². The molecule has 3 heterocycles. The van der Waals surface area contributed by atoms with Crippen LogP contribution in [0.2, 0.25) is 5.15 Å². The molecule has 0 saturated carbocycles. The molecule has 0 N–H and O–H groups in total. The molecule has 2 aliphatic rings. The van der Waals surface area contributed by atoms with Crippen LogP contribution < -0.4 is 9.47 Å². The molecule has 31 heavy (non-hydrogen) atoms. The number of fused-ring (bicyclic) bond motifs is 2. The molecule has 5 nitrogen and oxygen atoms in total. The van der Waals surface area contributed by atoms with Crippen molar-refractivity contribution >= 4 is 28.6 Å². The first kappa shape index (κ1) is 20.4. The van der Waals surface area contributed by atoms with E-state index in [0.29, 0.717) is 18.4 Å². The standard InChI is InChI=1S/C25H28ClN3O2/c1-17(2)29-23-8-5-18(12-22(23)25(26)27-29)15-30-21-7-6-20-11-19(16-31-24(20)13-21)14-28-9-3-4-10-28/h5-8,11-13,17H,3-4,9-10,14-16H2,1-2H3. The molecule has 1 saturated heterocycles. The first-order valence-electron chi connectivity index (χ1n) is 11.0. The zero-order chi connectivity index (χ0) is 21.4. The van der Waals surface area contributed by atoms with Gasteiger partial charge in [-0.3, -0.25) is 9.58 Å². The molecule has 3 aromatic rings. The Balaban J connectivity index is 1.27. The Morgan fingerprint density at radius 2 is 1.97 bits per heavy atom. The SMILES string of the molecule is CC(C)n1nc(Cl)c2cc(COc3ccc4c(c3)OCC(CN3CCCC3)=C4)ccc21. The van der Waals surface area contributed by atoms with E-state index in [1.807, 2.05) is 16.8 Å². The van der Waals surface area contributed by atoms with Crippen molar-refractivity contribution in [2.45, 2.75) is 39.3 Å². The molecule has 1 fully saturated rings. The molecule has 2 aromatic carbocycles. The minimum atomic E-state index is 0.262. The van der Waals surface area contributed by atoms with Gasteiger partial charge in [-0.05, 0) is 81.3 Å². The zero-order valence-corrected chi connectivity index (χ0v) is 18.9. The van der Waals surface area contributed by atoms with Gasteiger partial charge in [0.05, 0.1) is 5.52 Å². The molecular weight excluding hydrogens is 410 g/mol. The number of likely N-dealkylation sites (tertiary alicyclic amines) is 1. The van der Waals surface area contributed by atoms with E-state index in [-0.39, 0.29) is 6.04 Å². The fourth-order valence-electron chi connectivity index (χ4n) is 4.40. The van der Waals surface area contributed by atoms with Crippen LogP contribution in [0.5, 0.6) is 11.5 Å². The Hall–Kier alpha value is -2.50. The van der Waals surface area contributed by atoms with Crippen molar-refractivity contribution in [3.05, 3.63) is 58.3 Å². The smallest absolute Gasteiger partial charge is 0.158 e. The lowest BCUT2D eigenvalue weighted by Gasteiger charge is -2.22. The summed E-state index contributed by atoms with van der Waals surface area (Å²) in [5, 5.41) is 5.94. The largest absolute Gasteiger partial charge is 0.489 e. The second kappa shape index (κ2) is 8.56. The summed E-state index contributed by atoms with van der Waals surface area (Å²) >= 11 is 6.36. The zero-order valence-electron chi connectivity index (χ0n) is 18.1. The van der Waals surface area contributed by atoms with Crippen LogP contribution in [0.3, 0.4) is 0 Å². The van der Waals surface area contributed by atoms with E-state index in [0.717, 1.165) is 40.1 Å². The van der Waals surface area contributed by atoms with Crippen LogP contribution in [0.25, 0.3) is 17.0 Å². The van der Waals surface area contributed by atoms with Gasteiger partial charge in [-0.1, -0.05) is 17.7 Å². The first-order valence-corrected chi connectivity index (χ1v) is 11.4. The number of hydrogen-bond acceptors (Lipinski definition) is 4. The van der Waals surface area contributed by atoms with Gasteiger partial charge >= 0.3 is 0 Å². The van der Waals surface area contributed by atoms with Crippen molar-refractivity contribution in [2.24, 2.45) is 0 Å². The van der Waals surface area contributed by atoms with E-state index in [1.165, 1.54) is 31.5 Å². The van der Waals surface area contributed by atoms with Crippen LogP contribution in [0.1, 0.15) is 43.9 Å². The lowest BCUT2D eigenvalue weighted by molar-refractivity contribution is 0.294. The highest BCUT2D eigenvalue weighted by Gasteiger charge is 2.18. The molecular formula is C25H28ClN3O2. The quantitative estimate of drug-likeness (QED) is 0.494. The lowest BCUT2D eigenvalue weighted by atomic mass is 10.1. The molecule has 5 rings (SSSR count). The van der Waals surface area contributed by atoms with E-state index in [9.17, 15) is 0 Å². The third-order valence-corrected chi connectivity index (χ3v) is 6.28. The van der Waals surface area contributed by atoms with E-state index >= 15 is 0 Å². The summed E-state index contributed by atoms with van der Waals surface area (Å²) in [6.45, 7) is 8.73. The summed E-state index contributed by atoms with van der Waals surface area (Å²) < 4.78 is 14.0. The minimum Gasteiger partial charge on any atom is -0.489 e. The number of benzene rings is 2. The third-order valence-electron chi connectivity index (χ3n) is 6.00. The van der Waals surface area contributed by atoms with Gasteiger partial charge in [0.25, 0.3) is 0 Å². The topological polar surface area (TPSA) is 39.5 Å². The number of nitrogens with zero attached hydrogens (tertiary/aromatic N) is 3. The average Bonchev–Trinajstić information content (AvgIpc) is 3.40. The Morgan fingerprint density at radius 3 is 2.77 bits per heavy atom. The molecule has 0 bridgehead atoms. The highest BCUT2D eigenvalue weighted by molar-refractivity contribution is 6.34. The molecule has 0 radical (unpaired) electrons. The van der Waals surface area contributed by atoms with Gasteiger partial charge in [0.2, 0.25) is 0 Å². The van der Waals surface area contributed by atoms with Crippen molar-refractivity contribution in [1.29, 1.82) is 0 Å². The molecule has 162 valence electrons. The molecule has 0 aliphatic carbocycles. The van der Waals surface area contributed by atoms with E-state index in [4.69, 9.17) is 21.1 Å². The van der Waals surface area contributed by atoms with E-state index in [2.05, 4.69) is 54.2 Å². The molecule has 1 aromatic heterocycles. The monoisotopic (exact) mass is 437 g/mol. The van der Waals surface area contributed by atoms with E-state index in [1.54, 1.807) is 0 Å². The summed E-state index contributed by atoms with van der Waals surface area (Å²) in [7, 11) is 0. The van der Waals surface area contributed by atoms with Crippen molar-refractivity contribution in [1.82, 2.24) is 14.7 Å². The van der Waals surface area contributed by atoms with Crippen molar-refractivity contribution in [3.63, 3.8) is 0 Å². The van der Waals surface area contributed by atoms with Crippen molar-refractivity contribution in [2.75, 3.05) is 26.2 Å². The van der Waals surface area contributed by atoms with Gasteiger partial charge < -0.3 is 9.47 Å². The van der Waals surface area contributed by atoms with Crippen molar-refractivity contribution in [3.8, 4) is 11.5 Å². The fraction of sp³-hybridized carbons (Fsp3) is 0.400. The van der Waals surface area contributed by atoms with Gasteiger partial charge in [0.1, 0.15) is 24.7 Å². The second-order valence-corrected chi connectivity index (χ2v) is 9.10. The van der Waals surface area contributed by atoms with Crippen molar-refractivity contribution < 1.29 is 9.47 Å². The normalized spacial score (nSPS) is 16.5. The maximum absolute atomic E-state index is 6.36. The molecule has 0 unspecified atom stereocenters. The summed E-state index contributed by atoms with van der Waals surface area (Å²) in [6, 6.07) is 12.5. The molecule has 0 spiro atoms. The first-order chi connectivity index (χ1) is 15.1. The number of ether oxygens (including phenoxy) is 2.